The van der Waals surface area contributed by atoms with E-state index in [9.17, 15) is 0 Å². The van der Waals surface area contributed by atoms with Gasteiger partial charge in [-0.15, -0.1) is 0 Å². The van der Waals surface area contributed by atoms with E-state index in [1.165, 1.54) is 56.3 Å². The van der Waals surface area contributed by atoms with E-state index in [4.69, 9.17) is 0 Å². The molecule has 2 aliphatic carbocycles. The highest BCUT2D eigenvalue weighted by Gasteiger charge is 2.49. The summed E-state index contributed by atoms with van der Waals surface area (Å²) < 4.78 is 0. The van der Waals surface area contributed by atoms with Crippen molar-refractivity contribution in [2.45, 2.75) is 86.0 Å². The van der Waals surface area contributed by atoms with Gasteiger partial charge in [-0.1, -0.05) is 93.4 Å². The van der Waals surface area contributed by atoms with Gasteiger partial charge in [-0.2, -0.15) is 0 Å². The van der Waals surface area contributed by atoms with Crippen molar-refractivity contribution >= 4 is 21.6 Å². The van der Waals surface area contributed by atoms with E-state index in [0.717, 1.165) is 35.8 Å². The van der Waals surface area contributed by atoms with Crippen LogP contribution in [0.5, 0.6) is 0 Å². The van der Waals surface area contributed by atoms with Crippen LogP contribution in [-0.4, -0.2) is 11.5 Å². The molecule has 2 rings (SSSR count). The summed E-state index contributed by atoms with van der Waals surface area (Å²) in [6.45, 7) is 12.1. The monoisotopic (exact) mass is 392 g/mol. The Kier molecular flexibility index (Phi) is 9.53. The molecule has 0 saturated heterocycles. The van der Waals surface area contributed by atoms with Crippen molar-refractivity contribution in [2.24, 2.45) is 29.1 Å². The number of allylic oxidation sites excluding steroid dienone is 2. The second-order valence-electron chi connectivity index (χ2n) is 9.02. The second kappa shape index (κ2) is 11.1. The maximum Gasteiger partial charge on any atom is 0.0192 e. The summed E-state index contributed by atoms with van der Waals surface area (Å²) in [5.74, 6) is 12.8. The fraction of sp³-hybridized carbons (Fsp3) is 0.833. The molecule has 1 saturated carbocycles. The molecule has 1 fully saturated rings. The Labute approximate surface area is 171 Å². The van der Waals surface area contributed by atoms with Crippen LogP contribution in [0.2, 0.25) is 0 Å². The quantitative estimate of drug-likeness (QED) is 0.221. The molecule has 0 amide bonds. The Bertz CT molecular complexity index is 510. The molecule has 0 bridgehead atoms. The van der Waals surface area contributed by atoms with Gasteiger partial charge in [0, 0.05) is 23.5 Å². The van der Waals surface area contributed by atoms with Crippen molar-refractivity contribution in [3.63, 3.8) is 0 Å². The molecule has 2 heteroatoms. The van der Waals surface area contributed by atoms with Gasteiger partial charge in [-0.3, -0.25) is 0 Å². The van der Waals surface area contributed by atoms with Crippen molar-refractivity contribution < 1.29 is 0 Å². The first-order valence-electron chi connectivity index (χ1n) is 10.9. The first-order valence-corrected chi connectivity index (χ1v) is 13.4. The molecule has 0 unspecified atom stereocenters. The predicted molar refractivity (Wildman–Crippen MR) is 122 cm³/mol. The van der Waals surface area contributed by atoms with Crippen molar-refractivity contribution in [3.8, 4) is 11.8 Å². The Morgan fingerprint density at radius 3 is 2.73 bits per heavy atom. The van der Waals surface area contributed by atoms with Gasteiger partial charge in [0.15, 0.2) is 0 Å². The van der Waals surface area contributed by atoms with E-state index in [0.29, 0.717) is 5.41 Å². The highest BCUT2D eigenvalue weighted by atomic mass is 33.1. The zero-order chi connectivity index (χ0) is 19.0. The lowest BCUT2D eigenvalue weighted by atomic mass is 9.62. The second-order valence-corrected chi connectivity index (χ2v) is 11.9. The molecule has 0 aliphatic heterocycles. The highest BCUT2D eigenvalue weighted by Crippen LogP contribution is 2.58. The lowest BCUT2D eigenvalue weighted by Gasteiger charge is -2.42. The summed E-state index contributed by atoms with van der Waals surface area (Å²) in [6.07, 6.45) is 13.1. The van der Waals surface area contributed by atoms with Gasteiger partial charge in [0.05, 0.1) is 0 Å². The molecule has 0 aromatic rings. The third-order valence-corrected chi connectivity index (χ3v) is 9.18. The standard InChI is InChI=1S/C24H40S2/c1-6-25-26-18-8-7-13-21-14-10-17-24(5)22(15-16-23(21)24)20(4)12-9-11-19(2)3/h14,19-20,22-23H,6,8-12,15-18H2,1-5H3/t20-,22-,23+,24-/m1/s1. The topological polar surface area (TPSA) is 0 Å². The van der Waals surface area contributed by atoms with E-state index in [-0.39, 0.29) is 0 Å². The normalized spacial score (nSPS) is 29.1. The van der Waals surface area contributed by atoms with Crippen LogP contribution in [0.4, 0.5) is 0 Å². The third-order valence-electron chi connectivity index (χ3n) is 6.70. The van der Waals surface area contributed by atoms with Crippen molar-refractivity contribution in [2.75, 3.05) is 11.5 Å². The van der Waals surface area contributed by atoms with Crippen LogP contribution < -0.4 is 0 Å². The summed E-state index contributed by atoms with van der Waals surface area (Å²) in [5, 5.41) is 0. The molecule has 0 aromatic heterocycles. The van der Waals surface area contributed by atoms with Crippen LogP contribution in [0.1, 0.15) is 86.0 Å². The average Bonchev–Trinajstić information content (AvgIpc) is 2.95. The average molecular weight is 393 g/mol. The minimum absolute atomic E-state index is 0.503. The predicted octanol–water partition coefficient (Wildman–Crippen LogP) is 8.00. The van der Waals surface area contributed by atoms with E-state index in [1.807, 2.05) is 21.6 Å². The van der Waals surface area contributed by atoms with Crippen LogP contribution in [0.15, 0.2) is 11.6 Å². The molecule has 0 heterocycles. The first kappa shape index (κ1) is 22.3. The van der Waals surface area contributed by atoms with Crippen molar-refractivity contribution in [3.05, 3.63) is 11.6 Å². The third kappa shape index (κ3) is 6.00. The van der Waals surface area contributed by atoms with Gasteiger partial charge in [0.2, 0.25) is 0 Å². The maximum absolute atomic E-state index is 3.60. The van der Waals surface area contributed by atoms with Crippen LogP contribution in [0.3, 0.4) is 0 Å². The number of hydrogen-bond donors (Lipinski definition) is 0. The minimum Gasteiger partial charge on any atom is -0.0973 e. The summed E-state index contributed by atoms with van der Waals surface area (Å²) in [5.41, 5.74) is 1.99. The fourth-order valence-electron chi connectivity index (χ4n) is 5.34. The molecule has 0 spiro atoms. The van der Waals surface area contributed by atoms with Gasteiger partial charge in [0.1, 0.15) is 0 Å². The van der Waals surface area contributed by atoms with E-state index in [2.05, 4.69) is 52.5 Å². The summed E-state index contributed by atoms with van der Waals surface area (Å²) in [6, 6.07) is 0. The molecule has 2 aliphatic rings. The molecule has 4 atom stereocenters. The molecular formula is C24H40S2. The molecule has 26 heavy (non-hydrogen) atoms. The lowest BCUT2D eigenvalue weighted by Crippen LogP contribution is -2.35. The van der Waals surface area contributed by atoms with Crippen LogP contribution in [0, 0.1) is 40.9 Å². The lowest BCUT2D eigenvalue weighted by molar-refractivity contribution is 0.108. The van der Waals surface area contributed by atoms with Gasteiger partial charge >= 0.3 is 0 Å². The zero-order valence-corrected chi connectivity index (χ0v) is 19.4. The van der Waals surface area contributed by atoms with Gasteiger partial charge < -0.3 is 0 Å². The summed E-state index contributed by atoms with van der Waals surface area (Å²) in [7, 11) is 3.92. The number of fused-ring (bicyclic) bond motifs is 1. The molecule has 148 valence electrons. The highest BCUT2D eigenvalue weighted by molar-refractivity contribution is 8.76. The fourth-order valence-corrected chi connectivity index (χ4v) is 6.91. The van der Waals surface area contributed by atoms with Crippen molar-refractivity contribution in [1.29, 1.82) is 0 Å². The Balaban J connectivity index is 1.92. The SMILES string of the molecule is CCSSCCC#CC1=CCC[C@]2(C)[C@@H]([C@H](C)CCCC(C)C)CC[C@@H]12. The smallest absolute Gasteiger partial charge is 0.0192 e. The maximum atomic E-state index is 3.60. The molecule has 0 aromatic carbocycles. The van der Waals surface area contributed by atoms with Crippen molar-refractivity contribution in [1.82, 2.24) is 0 Å². The summed E-state index contributed by atoms with van der Waals surface area (Å²) in [4.78, 5) is 0. The number of hydrogen-bond acceptors (Lipinski definition) is 2. The molecule has 0 N–H and O–H groups in total. The molecular weight excluding hydrogens is 352 g/mol. The Morgan fingerprint density at radius 2 is 2.00 bits per heavy atom. The minimum atomic E-state index is 0.503. The van der Waals surface area contributed by atoms with E-state index in [1.54, 1.807) is 0 Å². The Hall–Kier alpha value is 0. The molecule has 0 nitrogen and oxygen atoms in total. The van der Waals surface area contributed by atoms with Crippen LogP contribution >= 0.6 is 21.6 Å². The van der Waals surface area contributed by atoms with E-state index >= 15 is 0 Å². The molecule has 0 radical (unpaired) electrons. The summed E-state index contributed by atoms with van der Waals surface area (Å²) >= 11 is 0. The van der Waals surface area contributed by atoms with Crippen LogP contribution in [-0.2, 0) is 0 Å². The first-order chi connectivity index (χ1) is 12.5. The zero-order valence-electron chi connectivity index (χ0n) is 17.8. The van der Waals surface area contributed by atoms with Gasteiger partial charge in [-0.05, 0) is 54.8 Å². The van der Waals surface area contributed by atoms with E-state index < -0.39 is 0 Å². The Morgan fingerprint density at radius 1 is 1.19 bits per heavy atom. The van der Waals surface area contributed by atoms with Gasteiger partial charge in [0.25, 0.3) is 0 Å². The number of rotatable bonds is 9. The van der Waals surface area contributed by atoms with Gasteiger partial charge in [-0.25, -0.2) is 0 Å². The largest absolute Gasteiger partial charge is 0.0973 e. The van der Waals surface area contributed by atoms with Crippen LogP contribution in [0.25, 0.3) is 0 Å².